The van der Waals surface area contributed by atoms with Crippen molar-refractivity contribution in [3.63, 3.8) is 0 Å². The smallest absolute Gasteiger partial charge is 0.410 e. The van der Waals surface area contributed by atoms with Gasteiger partial charge >= 0.3 is 6.09 Å². The lowest BCUT2D eigenvalue weighted by atomic mass is 9.81. The maximum atomic E-state index is 12.4. The molecule has 1 unspecified atom stereocenters. The van der Waals surface area contributed by atoms with Crippen LogP contribution in [0.4, 0.5) is 16.2 Å². The highest BCUT2D eigenvalue weighted by molar-refractivity contribution is 5.68. The minimum absolute atomic E-state index is 0.116. The fourth-order valence-electron chi connectivity index (χ4n) is 4.83. The highest BCUT2D eigenvalue weighted by Gasteiger charge is 2.37. The number of nitro groups is 1. The van der Waals surface area contributed by atoms with E-state index in [1.807, 2.05) is 37.8 Å². The Hall–Kier alpha value is -3.09. The minimum atomic E-state index is -0.476. The van der Waals surface area contributed by atoms with Crippen LogP contribution in [-0.4, -0.2) is 41.2 Å². The Kier molecular flexibility index (Phi) is 6.09. The van der Waals surface area contributed by atoms with Gasteiger partial charge in [0.15, 0.2) is 0 Å². The van der Waals surface area contributed by atoms with Crippen molar-refractivity contribution in [3.8, 4) is 0 Å². The standard InChI is InChI=1S/C25H31N3O4/c1-25(2,3)32-24(29)26-14-12-19(13-15-26)22-17-27(23-7-5-4-6-21(22)23)16-18-8-10-20(11-9-18)28(30)31/h4-11,19,22H,12-17H2,1-3H3. The summed E-state index contributed by atoms with van der Waals surface area (Å²) in [6.45, 7) is 8.78. The van der Waals surface area contributed by atoms with Crippen molar-refractivity contribution < 1.29 is 14.5 Å². The molecule has 0 radical (unpaired) electrons. The summed E-state index contributed by atoms with van der Waals surface area (Å²) in [7, 11) is 0. The van der Waals surface area contributed by atoms with Crippen LogP contribution >= 0.6 is 0 Å². The SMILES string of the molecule is CC(C)(C)OC(=O)N1CCC(C2CN(Cc3ccc([N+](=O)[O-])cc3)c3ccccc32)CC1. The van der Waals surface area contributed by atoms with Gasteiger partial charge in [0.25, 0.3) is 5.69 Å². The molecule has 2 aliphatic rings. The Morgan fingerprint density at radius 3 is 2.38 bits per heavy atom. The van der Waals surface area contributed by atoms with Crippen LogP contribution in [0.25, 0.3) is 0 Å². The van der Waals surface area contributed by atoms with Gasteiger partial charge < -0.3 is 14.5 Å². The molecule has 0 aliphatic carbocycles. The van der Waals surface area contributed by atoms with Crippen LogP contribution in [-0.2, 0) is 11.3 Å². The maximum Gasteiger partial charge on any atom is 0.410 e. The van der Waals surface area contributed by atoms with Crippen LogP contribution in [0.3, 0.4) is 0 Å². The van der Waals surface area contributed by atoms with E-state index >= 15 is 0 Å². The zero-order chi connectivity index (χ0) is 22.9. The molecule has 170 valence electrons. The first-order valence-corrected chi connectivity index (χ1v) is 11.3. The molecule has 0 spiro atoms. The second-order valence-corrected chi connectivity index (χ2v) is 9.77. The van der Waals surface area contributed by atoms with Crippen molar-refractivity contribution in [2.24, 2.45) is 5.92 Å². The summed E-state index contributed by atoms with van der Waals surface area (Å²) in [6.07, 6.45) is 1.70. The molecule has 1 saturated heterocycles. The third-order valence-electron chi connectivity index (χ3n) is 6.37. The zero-order valence-corrected chi connectivity index (χ0v) is 19.0. The quantitative estimate of drug-likeness (QED) is 0.476. The number of carbonyl (C=O) groups excluding carboxylic acids is 1. The number of non-ortho nitro benzene ring substituents is 1. The zero-order valence-electron chi connectivity index (χ0n) is 19.0. The third kappa shape index (κ3) is 4.87. The van der Waals surface area contributed by atoms with Crippen LogP contribution in [0.2, 0.25) is 0 Å². The molecular weight excluding hydrogens is 406 g/mol. The molecule has 0 bridgehead atoms. The van der Waals surface area contributed by atoms with Crippen LogP contribution < -0.4 is 4.90 Å². The van der Waals surface area contributed by atoms with E-state index in [0.717, 1.165) is 44.6 Å². The number of carbonyl (C=O) groups is 1. The molecule has 7 heteroatoms. The molecule has 1 fully saturated rings. The lowest BCUT2D eigenvalue weighted by Crippen LogP contribution is -2.43. The number of nitrogens with zero attached hydrogens (tertiary/aromatic N) is 3. The molecule has 7 nitrogen and oxygen atoms in total. The number of benzene rings is 2. The van der Waals surface area contributed by atoms with Crippen molar-refractivity contribution in [2.45, 2.75) is 51.7 Å². The first-order valence-electron chi connectivity index (χ1n) is 11.3. The molecule has 2 aliphatic heterocycles. The van der Waals surface area contributed by atoms with Gasteiger partial charge in [-0.2, -0.15) is 0 Å². The largest absolute Gasteiger partial charge is 0.444 e. The van der Waals surface area contributed by atoms with E-state index in [1.54, 1.807) is 12.1 Å². The molecule has 1 atom stereocenters. The lowest BCUT2D eigenvalue weighted by Gasteiger charge is -2.36. The van der Waals surface area contributed by atoms with E-state index in [-0.39, 0.29) is 16.7 Å². The second kappa shape index (κ2) is 8.81. The Balaban J connectivity index is 1.43. The number of amides is 1. The number of likely N-dealkylation sites (tertiary alicyclic amines) is 1. The van der Waals surface area contributed by atoms with E-state index < -0.39 is 5.60 Å². The van der Waals surface area contributed by atoms with Crippen molar-refractivity contribution in [1.29, 1.82) is 0 Å². The van der Waals surface area contributed by atoms with E-state index in [4.69, 9.17) is 4.74 Å². The average Bonchev–Trinajstić information content (AvgIpc) is 3.11. The molecule has 0 N–H and O–H groups in total. The molecule has 2 aromatic rings. The van der Waals surface area contributed by atoms with Gasteiger partial charge in [-0.1, -0.05) is 30.3 Å². The number of para-hydroxylation sites is 1. The van der Waals surface area contributed by atoms with Gasteiger partial charge in [-0.3, -0.25) is 10.1 Å². The van der Waals surface area contributed by atoms with Gasteiger partial charge in [0.2, 0.25) is 0 Å². The van der Waals surface area contributed by atoms with Crippen molar-refractivity contribution in [1.82, 2.24) is 4.90 Å². The predicted octanol–water partition coefficient (Wildman–Crippen LogP) is 5.35. The summed E-state index contributed by atoms with van der Waals surface area (Å²) in [5, 5.41) is 10.9. The Labute approximate surface area is 189 Å². The van der Waals surface area contributed by atoms with Gasteiger partial charge in [-0.25, -0.2) is 4.79 Å². The Morgan fingerprint density at radius 2 is 1.75 bits per heavy atom. The number of hydrogen-bond acceptors (Lipinski definition) is 5. The van der Waals surface area contributed by atoms with Crippen LogP contribution in [0.1, 0.15) is 50.7 Å². The van der Waals surface area contributed by atoms with E-state index in [9.17, 15) is 14.9 Å². The van der Waals surface area contributed by atoms with Gasteiger partial charge in [0, 0.05) is 49.9 Å². The van der Waals surface area contributed by atoms with Gasteiger partial charge in [0.05, 0.1) is 4.92 Å². The summed E-state index contributed by atoms with van der Waals surface area (Å²) in [6, 6.07) is 15.4. The first kappa shape index (κ1) is 22.1. The summed E-state index contributed by atoms with van der Waals surface area (Å²) in [5.41, 5.74) is 3.31. The first-order chi connectivity index (χ1) is 15.2. The summed E-state index contributed by atoms with van der Waals surface area (Å²) < 4.78 is 5.54. The van der Waals surface area contributed by atoms with E-state index in [1.165, 1.54) is 11.3 Å². The molecule has 2 aromatic carbocycles. The van der Waals surface area contributed by atoms with Crippen LogP contribution in [0, 0.1) is 16.0 Å². The van der Waals surface area contributed by atoms with Gasteiger partial charge in [-0.15, -0.1) is 0 Å². The second-order valence-electron chi connectivity index (χ2n) is 9.77. The number of hydrogen-bond donors (Lipinski definition) is 0. The number of piperidine rings is 1. The molecule has 4 rings (SSSR count). The van der Waals surface area contributed by atoms with Crippen molar-refractivity contribution >= 4 is 17.5 Å². The molecular formula is C25H31N3O4. The Morgan fingerprint density at radius 1 is 1.09 bits per heavy atom. The minimum Gasteiger partial charge on any atom is -0.444 e. The summed E-state index contributed by atoms with van der Waals surface area (Å²) in [4.78, 5) is 27.2. The summed E-state index contributed by atoms with van der Waals surface area (Å²) in [5.74, 6) is 0.932. The fourth-order valence-corrected chi connectivity index (χ4v) is 4.83. The molecule has 32 heavy (non-hydrogen) atoms. The third-order valence-corrected chi connectivity index (χ3v) is 6.37. The maximum absolute atomic E-state index is 12.4. The monoisotopic (exact) mass is 437 g/mol. The topological polar surface area (TPSA) is 75.9 Å². The highest BCUT2D eigenvalue weighted by Crippen LogP contribution is 2.44. The molecule has 1 amide bonds. The van der Waals surface area contributed by atoms with E-state index in [2.05, 4.69) is 29.2 Å². The summed E-state index contributed by atoms with van der Waals surface area (Å²) >= 11 is 0. The predicted molar refractivity (Wildman–Crippen MR) is 124 cm³/mol. The number of anilines is 1. The number of fused-ring (bicyclic) bond motifs is 1. The molecule has 0 aromatic heterocycles. The lowest BCUT2D eigenvalue weighted by molar-refractivity contribution is -0.384. The van der Waals surface area contributed by atoms with Gasteiger partial charge in [0.1, 0.15) is 5.60 Å². The normalized spacial score (nSPS) is 19.0. The number of ether oxygens (including phenoxy) is 1. The number of nitro benzene ring substituents is 1. The fraction of sp³-hybridized carbons (Fsp3) is 0.480. The van der Waals surface area contributed by atoms with Crippen molar-refractivity contribution in [2.75, 3.05) is 24.5 Å². The highest BCUT2D eigenvalue weighted by atomic mass is 16.6. The molecule has 2 heterocycles. The number of rotatable bonds is 4. The van der Waals surface area contributed by atoms with Crippen LogP contribution in [0.15, 0.2) is 48.5 Å². The van der Waals surface area contributed by atoms with Crippen molar-refractivity contribution in [3.05, 3.63) is 69.8 Å². The van der Waals surface area contributed by atoms with E-state index in [0.29, 0.717) is 11.8 Å². The van der Waals surface area contributed by atoms with Gasteiger partial charge in [-0.05, 0) is 56.7 Å². The average molecular weight is 438 g/mol. The Bertz CT molecular complexity index is 975. The molecule has 0 saturated carbocycles. The van der Waals surface area contributed by atoms with Crippen LogP contribution in [0.5, 0.6) is 0 Å².